The van der Waals surface area contributed by atoms with Gasteiger partial charge in [0.05, 0.1) is 20.9 Å². The van der Waals surface area contributed by atoms with Crippen LogP contribution in [0.15, 0.2) is 29.8 Å². The zero-order valence-corrected chi connectivity index (χ0v) is 15.0. The predicted molar refractivity (Wildman–Crippen MR) is 99.1 cm³/mol. The Hall–Kier alpha value is -2.25. The van der Waals surface area contributed by atoms with Crippen molar-refractivity contribution in [2.75, 3.05) is 5.32 Å². The molecule has 122 valence electrons. The lowest BCUT2D eigenvalue weighted by Crippen LogP contribution is -2.12. The van der Waals surface area contributed by atoms with Crippen molar-refractivity contribution in [3.8, 4) is 0 Å². The molecule has 7 heteroatoms. The van der Waals surface area contributed by atoms with E-state index < -0.39 is 0 Å². The molecule has 0 radical (unpaired) electrons. The Morgan fingerprint density at radius 3 is 3.04 bits per heavy atom. The Kier molecular flexibility index (Phi) is 3.82. The number of aryl methyl sites for hydroxylation is 3. The van der Waals surface area contributed by atoms with Crippen molar-refractivity contribution in [1.82, 2.24) is 14.4 Å². The quantitative estimate of drug-likeness (QED) is 0.596. The molecule has 3 heterocycles. The van der Waals surface area contributed by atoms with Gasteiger partial charge in [0.2, 0.25) is 5.91 Å². The second-order valence-electron chi connectivity index (χ2n) is 5.73. The fourth-order valence-corrected chi connectivity index (χ4v) is 4.47. The SMILES string of the molecule is Cc1cn2c(CCC(=O)Nc3ccc4sc(C)nc4c3)csc2n1. The number of nitrogens with one attached hydrogen (secondary N) is 1. The van der Waals surface area contributed by atoms with Gasteiger partial charge in [0.15, 0.2) is 4.96 Å². The fraction of sp³-hybridized carbons (Fsp3) is 0.235. The lowest BCUT2D eigenvalue weighted by Gasteiger charge is -2.05. The number of benzene rings is 1. The number of anilines is 1. The number of nitrogens with zero attached hydrogens (tertiary/aromatic N) is 3. The van der Waals surface area contributed by atoms with Gasteiger partial charge in [-0.1, -0.05) is 0 Å². The van der Waals surface area contributed by atoms with Crippen LogP contribution in [0.3, 0.4) is 0 Å². The van der Waals surface area contributed by atoms with Gasteiger partial charge in [-0.15, -0.1) is 22.7 Å². The predicted octanol–water partition coefficient (Wildman–Crippen LogP) is 4.19. The average Bonchev–Trinajstić information content (AvgIpc) is 3.18. The van der Waals surface area contributed by atoms with Crippen LogP contribution in [0.4, 0.5) is 5.69 Å². The Balaban J connectivity index is 1.43. The van der Waals surface area contributed by atoms with Crippen molar-refractivity contribution in [2.24, 2.45) is 0 Å². The number of rotatable bonds is 4. The van der Waals surface area contributed by atoms with Crippen molar-refractivity contribution in [3.05, 3.63) is 46.2 Å². The van der Waals surface area contributed by atoms with Gasteiger partial charge >= 0.3 is 0 Å². The summed E-state index contributed by atoms with van der Waals surface area (Å²) in [6.45, 7) is 3.97. The monoisotopic (exact) mass is 356 g/mol. The molecule has 0 saturated heterocycles. The lowest BCUT2D eigenvalue weighted by atomic mass is 10.2. The molecular weight excluding hydrogens is 340 g/mol. The van der Waals surface area contributed by atoms with Crippen LogP contribution in [-0.4, -0.2) is 20.3 Å². The minimum Gasteiger partial charge on any atom is -0.326 e. The molecule has 4 rings (SSSR count). The molecule has 5 nitrogen and oxygen atoms in total. The summed E-state index contributed by atoms with van der Waals surface area (Å²) in [6.07, 6.45) is 3.15. The van der Waals surface area contributed by atoms with Gasteiger partial charge in [-0.05, 0) is 38.5 Å². The van der Waals surface area contributed by atoms with Gasteiger partial charge in [0.1, 0.15) is 0 Å². The van der Waals surface area contributed by atoms with E-state index in [1.807, 2.05) is 38.2 Å². The van der Waals surface area contributed by atoms with E-state index in [9.17, 15) is 4.79 Å². The number of thiazole rings is 2. The highest BCUT2D eigenvalue weighted by Crippen LogP contribution is 2.24. The third kappa shape index (κ3) is 2.92. The molecule has 1 N–H and O–H groups in total. The van der Waals surface area contributed by atoms with Crippen LogP contribution in [0, 0.1) is 13.8 Å². The van der Waals surface area contributed by atoms with Crippen molar-refractivity contribution in [2.45, 2.75) is 26.7 Å². The first kappa shape index (κ1) is 15.3. The molecule has 1 aromatic carbocycles. The number of amides is 1. The number of aromatic nitrogens is 3. The molecular formula is C17H16N4OS2. The van der Waals surface area contributed by atoms with E-state index in [1.54, 1.807) is 22.7 Å². The number of carbonyl (C=O) groups is 1. The smallest absolute Gasteiger partial charge is 0.224 e. The van der Waals surface area contributed by atoms with Crippen LogP contribution in [-0.2, 0) is 11.2 Å². The average molecular weight is 356 g/mol. The van der Waals surface area contributed by atoms with E-state index in [1.165, 1.54) is 0 Å². The number of fused-ring (bicyclic) bond motifs is 2. The van der Waals surface area contributed by atoms with Crippen molar-refractivity contribution < 1.29 is 4.79 Å². The zero-order chi connectivity index (χ0) is 16.7. The normalized spacial score (nSPS) is 11.4. The van der Waals surface area contributed by atoms with E-state index in [2.05, 4.69) is 25.1 Å². The summed E-state index contributed by atoms with van der Waals surface area (Å²) in [6, 6.07) is 5.87. The molecule has 24 heavy (non-hydrogen) atoms. The third-order valence-electron chi connectivity index (χ3n) is 3.79. The number of hydrogen-bond acceptors (Lipinski definition) is 5. The molecule has 1 amide bonds. The maximum absolute atomic E-state index is 12.2. The van der Waals surface area contributed by atoms with E-state index in [-0.39, 0.29) is 5.91 Å². The molecule has 0 unspecified atom stereocenters. The van der Waals surface area contributed by atoms with E-state index in [0.29, 0.717) is 12.8 Å². The maximum atomic E-state index is 12.2. The van der Waals surface area contributed by atoms with Gasteiger partial charge in [0, 0.05) is 29.4 Å². The number of imidazole rings is 1. The Morgan fingerprint density at radius 1 is 1.29 bits per heavy atom. The number of hydrogen-bond donors (Lipinski definition) is 1. The van der Waals surface area contributed by atoms with Gasteiger partial charge in [-0.25, -0.2) is 9.97 Å². The van der Waals surface area contributed by atoms with Crippen LogP contribution in [0.5, 0.6) is 0 Å². The molecule has 4 aromatic rings. The first-order chi connectivity index (χ1) is 11.6. The molecule has 0 atom stereocenters. The minimum absolute atomic E-state index is 0.0116. The van der Waals surface area contributed by atoms with Crippen LogP contribution in [0.1, 0.15) is 22.8 Å². The van der Waals surface area contributed by atoms with Crippen LogP contribution >= 0.6 is 22.7 Å². The summed E-state index contributed by atoms with van der Waals surface area (Å²) in [5.74, 6) is 0.0116. The third-order valence-corrected chi connectivity index (χ3v) is 5.63. The van der Waals surface area contributed by atoms with Crippen molar-refractivity contribution >= 4 is 49.4 Å². The molecule has 0 aliphatic rings. The highest BCUT2D eigenvalue weighted by Gasteiger charge is 2.10. The summed E-state index contributed by atoms with van der Waals surface area (Å²) in [7, 11) is 0. The highest BCUT2D eigenvalue weighted by molar-refractivity contribution is 7.18. The Bertz CT molecular complexity index is 1040. The van der Waals surface area contributed by atoms with Crippen LogP contribution < -0.4 is 5.32 Å². The second-order valence-corrected chi connectivity index (χ2v) is 7.80. The fourth-order valence-electron chi connectivity index (χ4n) is 2.71. The Morgan fingerprint density at radius 2 is 2.17 bits per heavy atom. The molecule has 0 bridgehead atoms. The summed E-state index contributed by atoms with van der Waals surface area (Å²) in [5, 5.41) is 6.06. The second kappa shape index (κ2) is 5.99. The van der Waals surface area contributed by atoms with Gasteiger partial charge in [0.25, 0.3) is 0 Å². The molecule has 0 fully saturated rings. The van der Waals surface area contributed by atoms with E-state index >= 15 is 0 Å². The highest BCUT2D eigenvalue weighted by atomic mass is 32.1. The first-order valence-corrected chi connectivity index (χ1v) is 9.37. The molecule has 0 spiro atoms. The van der Waals surface area contributed by atoms with Crippen molar-refractivity contribution in [3.63, 3.8) is 0 Å². The van der Waals surface area contributed by atoms with E-state index in [0.717, 1.165) is 37.3 Å². The number of carbonyl (C=O) groups excluding carboxylic acids is 1. The van der Waals surface area contributed by atoms with Crippen molar-refractivity contribution in [1.29, 1.82) is 0 Å². The maximum Gasteiger partial charge on any atom is 0.224 e. The minimum atomic E-state index is 0.0116. The first-order valence-electron chi connectivity index (χ1n) is 7.67. The van der Waals surface area contributed by atoms with E-state index in [4.69, 9.17) is 0 Å². The zero-order valence-electron chi connectivity index (χ0n) is 13.4. The summed E-state index contributed by atoms with van der Waals surface area (Å²) < 4.78 is 3.21. The van der Waals surface area contributed by atoms with Crippen LogP contribution in [0.2, 0.25) is 0 Å². The molecule has 0 saturated carbocycles. The molecule has 3 aromatic heterocycles. The van der Waals surface area contributed by atoms with Gasteiger partial charge in [-0.2, -0.15) is 0 Å². The summed E-state index contributed by atoms with van der Waals surface area (Å²) in [4.78, 5) is 22.1. The van der Waals surface area contributed by atoms with Gasteiger partial charge in [-0.3, -0.25) is 9.20 Å². The lowest BCUT2D eigenvalue weighted by molar-refractivity contribution is -0.116. The topological polar surface area (TPSA) is 59.3 Å². The largest absolute Gasteiger partial charge is 0.326 e. The molecule has 0 aliphatic carbocycles. The standard InChI is InChI=1S/C17H16N4OS2/c1-10-8-21-13(9-23-17(21)18-10)4-6-16(22)20-12-3-5-15-14(7-12)19-11(2)24-15/h3,5,7-9H,4,6H2,1-2H3,(H,20,22). The van der Waals surface area contributed by atoms with Crippen LogP contribution in [0.25, 0.3) is 15.2 Å². The molecule has 0 aliphatic heterocycles. The summed E-state index contributed by atoms with van der Waals surface area (Å²) in [5.41, 5.74) is 3.85. The summed E-state index contributed by atoms with van der Waals surface area (Å²) >= 11 is 3.27. The van der Waals surface area contributed by atoms with Gasteiger partial charge < -0.3 is 5.32 Å². The Labute approximate surface area is 147 Å².